The highest BCUT2D eigenvalue weighted by Crippen LogP contribution is 2.42. The van der Waals surface area contributed by atoms with Gasteiger partial charge in [0.05, 0.1) is 5.69 Å². The Labute approximate surface area is 141 Å². The van der Waals surface area contributed by atoms with Crippen LogP contribution in [0, 0.1) is 6.92 Å². The number of carbonyl (C=O) groups excluding carboxylic acids is 1. The van der Waals surface area contributed by atoms with E-state index in [0.29, 0.717) is 5.15 Å². The lowest BCUT2D eigenvalue weighted by Gasteiger charge is -2.31. The summed E-state index contributed by atoms with van der Waals surface area (Å²) in [6.45, 7) is 2.78. The van der Waals surface area contributed by atoms with Gasteiger partial charge in [0.1, 0.15) is 11.2 Å². The Morgan fingerprint density at radius 3 is 2.65 bits per heavy atom. The van der Waals surface area contributed by atoms with Crippen molar-refractivity contribution < 1.29 is 4.79 Å². The molecule has 3 rings (SSSR count). The highest BCUT2D eigenvalue weighted by atomic mass is 35.5. The van der Waals surface area contributed by atoms with Gasteiger partial charge in [-0.3, -0.25) is 14.4 Å². The average Bonchev–Trinajstić information content (AvgIpc) is 3.06. The third-order valence-electron chi connectivity index (χ3n) is 4.54. The van der Waals surface area contributed by atoms with Gasteiger partial charge in [-0.05, 0) is 31.9 Å². The SMILES string of the molecule is Cc1nn(C)c(Cl)c1[C@@H]1CCCN1[C@@H](C(N)=O)c1ccccc1. The molecule has 2 N–H and O–H groups in total. The molecule has 1 fully saturated rings. The van der Waals surface area contributed by atoms with Gasteiger partial charge >= 0.3 is 0 Å². The Morgan fingerprint density at radius 2 is 2.09 bits per heavy atom. The molecule has 1 aromatic heterocycles. The summed E-state index contributed by atoms with van der Waals surface area (Å²) in [6, 6.07) is 9.31. The minimum Gasteiger partial charge on any atom is -0.368 e. The molecule has 2 aromatic rings. The highest BCUT2D eigenvalue weighted by molar-refractivity contribution is 6.30. The number of aryl methyl sites for hydroxylation is 2. The summed E-state index contributed by atoms with van der Waals surface area (Å²) in [4.78, 5) is 14.3. The molecule has 0 spiro atoms. The zero-order valence-electron chi connectivity index (χ0n) is 13.4. The van der Waals surface area contributed by atoms with Crippen molar-refractivity contribution in [1.82, 2.24) is 14.7 Å². The molecular weight excluding hydrogens is 312 g/mol. The van der Waals surface area contributed by atoms with Crippen LogP contribution in [0.1, 0.15) is 41.7 Å². The summed E-state index contributed by atoms with van der Waals surface area (Å²) >= 11 is 6.45. The number of amides is 1. The van der Waals surface area contributed by atoms with Crippen molar-refractivity contribution in [3.8, 4) is 0 Å². The lowest BCUT2D eigenvalue weighted by Crippen LogP contribution is -2.37. The first-order chi connectivity index (χ1) is 11.0. The van der Waals surface area contributed by atoms with Crippen LogP contribution in [0.3, 0.4) is 0 Å². The lowest BCUT2D eigenvalue weighted by molar-refractivity contribution is -0.123. The van der Waals surface area contributed by atoms with Gasteiger partial charge in [0.15, 0.2) is 0 Å². The molecule has 0 aliphatic carbocycles. The number of primary amides is 1. The van der Waals surface area contributed by atoms with Crippen molar-refractivity contribution in [2.45, 2.75) is 31.8 Å². The van der Waals surface area contributed by atoms with Gasteiger partial charge in [-0.2, -0.15) is 5.10 Å². The van der Waals surface area contributed by atoms with Crippen molar-refractivity contribution in [2.75, 3.05) is 6.54 Å². The Kier molecular flexibility index (Phi) is 4.41. The Balaban J connectivity index is 2.01. The number of hydrogen-bond acceptors (Lipinski definition) is 3. The molecule has 6 heteroatoms. The molecule has 1 saturated heterocycles. The number of nitrogens with two attached hydrogens (primary N) is 1. The monoisotopic (exact) mass is 332 g/mol. The van der Waals surface area contributed by atoms with Gasteiger partial charge in [0, 0.05) is 18.7 Å². The topological polar surface area (TPSA) is 64.2 Å². The first kappa shape index (κ1) is 16.0. The molecular formula is C17H21ClN4O. The van der Waals surface area contributed by atoms with E-state index in [1.54, 1.807) is 4.68 Å². The molecule has 122 valence electrons. The molecule has 5 nitrogen and oxygen atoms in total. The number of nitrogens with zero attached hydrogens (tertiary/aromatic N) is 3. The summed E-state index contributed by atoms with van der Waals surface area (Å²) in [5.74, 6) is -0.333. The fourth-order valence-corrected chi connectivity index (χ4v) is 3.89. The number of aromatic nitrogens is 2. The van der Waals surface area contributed by atoms with Crippen molar-refractivity contribution in [1.29, 1.82) is 0 Å². The lowest BCUT2D eigenvalue weighted by atomic mass is 10.0. The minimum absolute atomic E-state index is 0.0638. The third kappa shape index (κ3) is 2.86. The van der Waals surface area contributed by atoms with E-state index in [2.05, 4.69) is 10.00 Å². The number of benzene rings is 1. The van der Waals surface area contributed by atoms with Crippen LogP contribution >= 0.6 is 11.6 Å². The second-order valence-electron chi connectivity index (χ2n) is 6.02. The fraction of sp³-hybridized carbons (Fsp3) is 0.412. The van der Waals surface area contributed by atoms with E-state index in [-0.39, 0.29) is 11.9 Å². The van der Waals surface area contributed by atoms with Crippen molar-refractivity contribution in [3.05, 3.63) is 52.3 Å². The van der Waals surface area contributed by atoms with E-state index < -0.39 is 6.04 Å². The maximum Gasteiger partial charge on any atom is 0.239 e. The van der Waals surface area contributed by atoms with E-state index in [4.69, 9.17) is 17.3 Å². The third-order valence-corrected chi connectivity index (χ3v) is 4.99. The summed E-state index contributed by atoms with van der Waals surface area (Å²) in [6.07, 6.45) is 1.95. The fourth-order valence-electron chi connectivity index (χ4n) is 3.59. The van der Waals surface area contributed by atoms with E-state index in [1.165, 1.54) is 0 Å². The highest BCUT2D eigenvalue weighted by Gasteiger charge is 2.38. The number of likely N-dealkylation sites (tertiary alicyclic amines) is 1. The largest absolute Gasteiger partial charge is 0.368 e. The predicted molar refractivity (Wildman–Crippen MR) is 90.0 cm³/mol. The van der Waals surface area contributed by atoms with E-state index in [1.807, 2.05) is 44.3 Å². The molecule has 0 radical (unpaired) electrons. The molecule has 2 heterocycles. The van der Waals surface area contributed by atoms with Gasteiger partial charge < -0.3 is 5.73 Å². The summed E-state index contributed by atoms with van der Waals surface area (Å²) in [5.41, 5.74) is 8.57. The second-order valence-corrected chi connectivity index (χ2v) is 6.38. The van der Waals surface area contributed by atoms with E-state index >= 15 is 0 Å². The van der Waals surface area contributed by atoms with Crippen molar-refractivity contribution in [2.24, 2.45) is 12.8 Å². The number of rotatable bonds is 4. The van der Waals surface area contributed by atoms with Gasteiger partial charge in [0.25, 0.3) is 0 Å². The smallest absolute Gasteiger partial charge is 0.239 e. The maximum atomic E-state index is 12.2. The number of carbonyl (C=O) groups is 1. The number of halogens is 1. The normalized spacial score (nSPS) is 19.9. The number of hydrogen-bond donors (Lipinski definition) is 1. The zero-order chi connectivity index (χ0) is 16.6. The summed E-state index contributed by atoms with van der Waals surface area (Å²) < 4.78 is 1.69. The standard InChI is InChI=1S/C17H21ClN4O/c1-11-14(16(18)21(2)20-11)13-9-6-10-22(13)15(17(19)23)12-7-4-3-5-8-12/h3-5,7-8,13,15H,6,9-10H2,1-2H3,(H2,19,23)/t13-,15+/m0/s1. The Morgan fingerprint density at radius 1 is 1.39 bits per heavy atom. The minimum atomic E-state index is -0.445. The summed E-state index contributed by atoms with van der Waals surface area (Å²) in [5, 5.41) is 5.04. The molecule has 1 amide bonds. The molecule has 0 unspecified atom stereocenters. The van der Waals surface area contributed by atoms with E-state index in [9.17, 15) is 4.79 Å². The van der Waals surface area contributed by atoms with Crippen LogP contribution in [0.25, 0.3) is 0 Å². The maximum absolute atomic E-state index is 12.2. The van der Waals surface area contributed by atoms with Crippen LogP contribution in [0.2, 0.25) is 5.15 Å². The van der Waals surface area contributed by atoms with Crippen molar-refractivity contribution >= 4 is 17.5 Å². The van der Waals surface area contributed by atoms with Crippen LogP contribution in [-0.4, -0.2) is 27.1 Å². The van der Waals surface area contributed by atoms with E-state index in [0.717, 1.165) is 36.2 Å². The molecule has 1 aliphatic rings. The van der Waals surface area contributed by atoms with Crippen molar-refractivity contribution in [3.63, 3.8) is 0 Å². The van der Waals surface area contributed by atoms with Crippen LogP contribution in [0.15, 0.2) is 30.3 Å². The second kappa shape index (κ2) is 6.34. The van der Waals surface area contributed by atoms with Gasteiger partial charge in [-0.15, -0.1) is 0 Å². The Bertz CT molecular complexity index is 713. The van der Waals surface area contributed by atoms with Gasteiger partial charge in [-0.1, -0.05) is 41.9 Å². The summed E-state index contributed by atoms with van der Waals surface area (Å²) in [7, 11) is 1.83. The van der Waals surface area contributed by atoms with Crippen LogP contribution in [0.4, 0.5) is 0 Å². The first-order valence-electron chi connectivity index (χ1n) is 7.79. The first-order valence-corrected chi connectivity index (χ1v) is 8.17. The molecule has 0 bridgehead atoms. The molecule has 2 atom stereocenters. The average molecular weight is 333 g/mol. The van der Waals surface area contributed by atoms with Gasteiger partial charge in [-0.25, -0.2) is 0 Å². The predicted octanol–water partition coefficient (Wildman–Crippen LogP) is 2.75. The Hall–Kier alpha value is -1.85. The van der Waals surface area contributed by atoms with Gasteiger partial charge in [0.2, 0.25) is 5.91 Å². The van der Waals surface area contributed by atoms with Crippen LogP contribution < -0.4 is 5.73 Å². The molecule has 23 heavy (non-hydrogen) atoms. The molecule has 1 aliphatic heterocycles. The zero-order valence-corrected chi connectivity index (χ0v) is 14.1. The quantitative estimate of drug-likeness (QED) is 0.936. The van der Waals surface area contributed by atoms with Crippen LogP contribution in [-0.2, 0) is 11.8 Å². The molecule has 0 saturated carbocycles. The molecule has 1 aromatic carbocycles. The van der Waals surface area contributed by atoms with Crippen LogP contribution in [0.5, 0.6) is 0 Å².